The molecule has 0 N–H and O–H groups in total. The summed E-state index contributed by atoms with van der Waals surface area (Å²) in [6.07, 6.45) is 0.496. The molecule has 0 atom stereocenters. The summed E-state index contributed by atoms with van der Waals surface area (Å²) >= 11 is 5.95. The third kappa shape index (κ3) is 3.18. The maximum absolute atomic E-state index is 11.0. The molecule has 0 fully saturated rings. The Balaban J connectivity index is 2.26. The summed E-state index contributed by atoms with van der Waals surface area (Å²) in [4.78, 5) is 11.0. The minimum atomic E-state index is 0.181. The first-order chi connectivity index (χ1) is 8.15. The monoisotopic (exact) mass is 244 g/mol. The van der Waals surface area contributed by atoms with Crippen molar-refractivity contribution < 1.29 is 4.79 Å². The average molecular weight is 245 g/mol. The van der Waals surface area contributed by atoms with E-state index in [0.29, 0.717) is 6.42 Å². The summed E-state index contributed by atoms with van der Waals surface area (Å²) in [5.41, 5.74) is 3.25. The molecule has 0 aliphatic rings. The SMILES string of the molecule is CC(=O)Cc1ccc(-c2cccc(Cl)c2)cc1. The lowest BCUT2D eigenvalue weighted by Gasteiger charge is -2.04. The molecule has 86 valence electrons. The predicted octanol–water partition coefficient (Wildman–Crippen LogP) is 4.14. The molecule has 0 bridgehead atoms. The summed E-state index contributed by atoms with van der Waals surface area (Å²) in [7, 11) is 0. The van der Waals surface area contributed by atoms with Crippen LogP contribution in [0, 0.1) is 0 Å². The van der Waals surface area contributed by atoms with Gasteiger partial charge in [-0.05, 0) is 35.7 Å². The molecule has 2 aromatic rings. The highest BCUT2D eigenvalue weighted by Crippen LogP contribution is 2.23. The molecule has 0 unspecified atom stereocenters. The molecular weight excluding hydrogens is 232 g/mol. The molecule has 2 heteroatoms. The maximum Gasteiger partial charge on any atom is 0.134 e. The molecule has 0 aromatic heterocycles. The van der Waals surface area contributed by atoms with Gasteiger partial charge in [-0.15, -0.1) is 0 Å². The van der Waals surface area contributed by atoms with Gasteiger partial charge < -0.3 is 0 Å². The Kier molecular flexibility index (Phi) is 3.60. The van der Waals surface area contributed by atoms with Crippen molar-refractivity contribution in [2.75, 3.05) is 0 Å². The van der Waals surface area contributed by atoms with Crippen LogP contribution in [0.2, 0.25) is 5.02 Å². The van der Waals surface area contributed by atoms with Crippen LogP contribution in [0.15, 0.2) is 48.5 Å². The van der Waals surface area contributed by atoms with Gasteiger partial charge in [-0.3, -0.25) is 4.79 Å². The van der Waals surface area contributed by atoms with Gasteiger partial charge in [-0.1, -0.05) is 48.0 Å². The van der Waals surface area contributed by atoms with Gasteiger partial charge in [0.15, 0.2) is 0 Å². The molecule has 0 heterocycles. The number of carbonyl (C=O) groups excluding carboxylic acids is 1. The Morgan fingerprint density at radius 2 is 1.76 bits per heavy atom. The lowest BCUT2D eigenvalue weighted by atomic mass is 10.0. The third-order valence-electron chi connectivity index (χ3n) is 2.56. The largest absolute Gasteiger partial charge is 0.300 e. The number of hydrogen-bond donors (Lipinski definition) is 0. The molecule has 2 rings (SSSR count). The van der Waals surface area contributed by atoms with Crippen LogP contribution in [0.4, 0.5) is 0 Å². The molecule has 0 amide bonds. The maximum atomic E-state index is 11.0. The van der Waals surface area contributed by atoms with Crippen LogP contribution < -0.4 is 0 Å². The number of carbonyl (C=O) groups is 1. The van der Waals surface area contributed by atoms with E-state index in [1.165, 1.54) is 0 Å². The molecular formula is C15H13ClO. The van der Waals surface area contributed by atoms with E-state index in [9.17, 15) is 4.79 Å². The first-order valence-electron chi connectivity index (χ1n) is 5.49. The van der Waals surface area contributed by atoms with Crippen LogP contribution in [0.25, 0.3) is 11.1 Å². The molecule has 0 saturated heterocycles. The van der Waals surface area contributed by atoms with Crippen LogP contribution in [0.3, 0.4) is 0 Å². The van der Waals surface area contributed by atoms with E-state index in [1.807, 2.05) is 48.5 Å². The van der Waals surface area contributed by atoms with E-state index in [2.05, 4.69) is 0 Å². The zero-order chi connectivity index (χ0) is 12.3. The van der Waals surface area contributed by atoms with E-state index in [4.69, 9.17) is 11.6 Å². The second-order valence-corrected chi connectivity index (χ2v) is 4.52. The summed E-state index contributed by atoms with van der Waals surface area (Å²) in [5, 5.41) is 0.732. The van der Waals surface area contributed by atoms with Gasteiger partial charge in [0.25, 0.3) is 0 Å². The van der Waals surface area contributed by atoms with Crippen LogP contribution in [0.1, 0.15) is 12.5 Å². The fourth-order valence-electron chi connectivity index (χ4n) is 1.77. The highest BCUT2D eigenvalue weighted by Gasteiger charge is 2.00. The summed E-state index contributed by atoms with van der Waals surface area (Å²) in [5.74, 6) is 0.181. The van der Waals surface area contributed by atoms with Crippen molar-refractivity contribution in [3.05, 3.63) is 59.1 Å². The number of rotatable bonds is 3. The summed E-state index contributed by atoms with van der Waals surface area (Å²) in [6.45, 7) is 1.60. The average Bonchev–Trinajstić information content (AvgIpc) is 2.29. The normalized spacial score (nSPS) is 10.2. The van der Waals surface area contributed by atoms with Gasteiger partial charge >= 0.3 is 0 Å². The Labute approximate surface area is 106 Å². The number of benzene rings is 2. The van der Waals surface area contributed by atoms with E-state index in [0.717, 1.165) is 21.7 Å². The third-order valence-corrected chi connectivity index (χ3v) is 2.80. The van der Waals surface area contributed by atoms with Gasteiger partial charge in [0.1, 0.15) is 5.78 Å². The molecule has 0 spiro atoms. The van der Waals surface area contributed by atoms with Gasteiger partial charge in [0.05, 0.1) is 0 Å². The number of ketones is 1. The van der Waals surface area contributed by atoms with Crippen molar-refractivity contribution in [2.45, 2.75) is 13.3 Å². The van der Waals surface area contributed by atoms with Crippen LogP contribution in [-0.4, -0.2) is 5.78 Å². The Morgan fingerprint density at radius 1 is 1.06 bits per heavy atom. The number of halogens is 1. The highest BCUT2D eigenvalue weighted by atomic mass is 35.5. The minimum Gasteiger partial charge on any atom is -0.300 e. The standard InChI is InChI=1S/C15H13ClO/c1-11(17)9-12-5-7-13(8-6-12)14-3-2-4-15(16)10-14/h2-8,10H,9H2,1H3. The smallest absolute Gasteiger partial charge is 0.134 e. The van der Waals surface area contributed by atoms with Crippen molar-refractivity contribution in [3.8, 4) is 11.1 Å². The Morgan fingerprint density at radius 3 is 2.35 bits per heavy atom. The first kappa shape index (κ1) is 11.9. The lowest BCUT2D eigenvalue weighted by Crippen LogP contribution is -1.95. The molecule has 0 radical (unpaired) electrons. The Bertz CT molecular complexity index is 529. The van der Waals surface area contributed by atoms with Crippen LogP contribution in [-0.2, 0) is 11.2 Å². The Hall–Kier alpha value is -1.60. The van der Waals surface area contributed by atoms with E-state index in [1.54, 1.807) is 6.92 Å². The molecule has 0 saturated carbocycles. The quantitative estimate of drug-likeness (QED) is 0.793. The molecule has 2 aromatic carbocycles. The summed E-state index contributed by atoms with van der Waals surface area (Å²) < 4.78 is 0. The van der Waals surface area contributed by atoms with Crippen molar-refractivity contribution in [1.29, 1.82) is 0 Å². The van der Waals surface area contributed by atoms with Gasteiger partial charge in [0, 0.05) is 11.4 Å². The van der Waals surface area contributed by atoms with Gasteiger partial charge in [-0.25, -0.2) is 0 Å². The number of hydrogen-bond acceptors (Lipinski definition) is 1. The predicted molar refractivity (Wildman–Crippen MR) is 71.3 cm³/mol. The zero-order valence-electron chi connectivity index (χ0n) is 9.61. The lowest BCUT2D eigenvalue weighted by molar-refractivity contribution is -0.116. The van der Waals surface area contributed by atoms with E-state index >= 15 is 0 Å². The van der Waals surface area contributed by atoms with Crippen LogP contribution in [0.5, 0.6) is 0 Å². The van der Waals surface area contributed by atoms with Crippen molar-refractivity contribution in [2.24, 2.45) is 0 Å². The van der Waals surface area contributed by atoms with Gasteiger partial charge in [0.2, 0.25) is 0 Å². The number of Topliss-reactive ketones (excluding diaryl/α,β-unsaturated/α-hetero) is 1. The van der Waals surface area contributed by atoms with Crippen molar-refractivity contribution >= 4 is 17.4 Å². The van der Waals surface area contributed by atoms with E-state index < -0.39 is 0 Å². The second-order valence-electron chi connectivity index (χ2n) is 4.09. The van der Waals surface area contributed by atoms with E-state index in [-0.39, 0.29) is 5.78 Å². The first-order valence-corrected chi connectivity index (χ1v) is 5.87. The fourth-order valence-corrected chi connectivity index (χ4v) is 1.96. The molecule has 0 aliphatic carbocycles. The van der Waals surface area contributed by atoms with Crippen molar-refractivity contribution in [3.63, 3.8) is 0 Å². The minimum absolute atomic E-state index is 0.181. The van der Waals surface area contributed by atoms with Crippen LogP contribution >= 0.6 is 11.6 Å². The fraction of sp³-hybridized carbons (Fsp3) is 0.133. The molecule has 0 aliphatic heterocycles. The zero-order valence-corrected chi connectivity index (χ0v) is 10.4. The molecule has 1 nitrogen and oxygen atoms in total. The van der Waals surface area contributed by atoms with Crippen molar-refractivity contribution in [1.82, 2.24) is 0 Å². The van der Waals surface area contributed by atoms with Gasteiger partial charge in [-0.2, -0.15) is 0 Å². The topological polar surface area (TPSA) is 17.1 Å². The molecule has 17 heavy (non-hydrogen) atoms. The second kappa shape index (κ2) is 5.15. The highest BCUT2D eigenvalue weighted by molar-refractivity contribution is 6.30. The summed E-state index contributed by atoms with van der Waals surface area (Å²) in [6, 6.07) is 15.7.